The van der Waals surface area contributed by atoms with Crippen LogP contribution in [0.15, 0.2) is 32.9 Å². The van der Waals surface area contributed by atoms with E-state index >= 15 is 0 Å². The number of thioether (sulfide) groups is 1. The number of ether oxygens (including phenoxy) is 1. The third kappa shape index (κ3) is 3.65. The van der Waals surface area contributed by atoms with Crippen molar-refractivity contribution >= 4 is 33.9 Å². The normalized spacial score (nSPS) is 11.5. The summed E-state index contributed by atoms with van der Waals surface area (Å²) < 4.78 is 7.90. The fourth-order valence-corrected chi connectivity index (χ4v) is 2.75. The Morgan fingerprint density at radius 1 is 1.38 bits per heavy atom. The molecule has 0 unspecified atom stereocenters. The highest BCUT2D eigenvalue weighted by molar-refractivity contribution is 9.10. The summed E-state index contributed by atoms with van der Waals surface area (Å²) in [7, 11) is 1.64. The molecule has 1 heterocycles. The van der Waals surface area contributed by atoms with Crippen molar-refractivity contribution < 1.29 is 4.74 Å². The Bertz CT molecular complexity index is 654. The summed E-state index contributed by atoms with van der Waals surface area (Å²) in [6.07, 6.45) is 3.75. The number of nitrogens with zero attached hydrogens (tertiary/aromatic N) is 4. The van der Waals surface area contributed by atoms with Gasteiger partial charge in [-0.1, -0.05) is 25.6 Å². The first-order valence-corrected chi connectivity index (χ1v) is 8.45. The summed E-state index contributed by atoms with van der Waals surface area (Å²) in [5, 5.41) is 13.6. The lowest BCUT2D eigenvalue weighted by atomic mass is 10.2. The zero-order chi connectivity index (χ0) is 15.4. The molecule has 0 spiro atoms. The smallest absolute Gasteiger partial charge is 0.211 e. The molecule has 0 atom stereocenters. The van der Waals surface area contributed by atoms with Crippen LogP contribution < -0.4 is 4.74 Å². The van der Waals surface area contributed by atoms with Crippen molar-refractivity contribution in [1.82, 2.24) is 14.9 Å². The number of methoxy groups -OCH3 is 1. The van der Waals surface area contributed by atoms with E-state index in [1.54, 1.807) is 18.0 Å². The fourth-order valence-electron chi connectivity index (χ4n) is 1.76. The Morgan fingerprint density at radius 2 is 2.14 bits per heavy atom. The molecule has 2 aromatic rings. The molecule has 1 aromatic carbocycles. The van der Waals surface area contributed by atoms with Crippen LogP contribution in [0.25, 0.3) is 0 Å². The number of aromatic nitrogens is 3. The summed E-state index contributed by atoms with van der Waals surface area (Å²) in [6, 6.07) is 5.81. The third-order valence-corrected chi connectivity index (χ3v) is 4.07. The maximum atomic E-state index is 5.22. The molecule has 0 amide bonds. The lowest BCUT2D eigenvalue weighted by molar-refractivity contribution is 0.412. The van der Waals surface area contributed by atoms with Crippen molar-refractivity contribution in [2.75, 3.05) is 13.4 Å². The van der Waals surface area contributed by atoms with Gasteiger partial charge in [-0.3, -0.25) is 0 Å². The van der Waals surface area contributed by atoms with Gasteiger partial charge < -0.3 is 4.74 Å². The number of halogens is 1. The predicted molar refractivity (Wildman–Crippen MR) is 89.6 cm³/mol. The van der Waals surface area contributed by atoms with Gasteiger partial charge >= 0.3 is 0 Å². The molecule has 2 rings (SSSR count). The van der Waals surface area contributed by atoms with Crippen molar-refractivity contribution in [3.05, 3.63) is 34.1 Å². The maximum absolute atomic E-state index is 5.22. The van der Waals surface area contributed by atoms with Gasteiger partial charge in [0.15, 0.2) is 5.82 Å². The van der Waals surface area contributed by atoms with Crippen LogP contribution in [0.1, 0.15) is 31.2 Å². The van der Waals surface area contributed by atoms with E-state index in [0.717, 1.165) is 26.8 Å². The van der Waals surface area contributed by atoms with Gasteiger partial charge in [0.2, 0.25) is 5.16 Å². The zero-order valence-corrected chi connectivity index (χ0v) is 14.8. The summed E-state index contributed by atoms with van der Waals surface area (Å²) >= 11 is 4.99. The SMILES string of the molecule is COc1ccc(/C=N\n2c(SC)nnc2C(C)C)cc1Br. The van der Waals surface area contributed by atoms with Gasteiger partial charge in [-0.25, -0.2) is 0 Å². The van der Waals surface area contributed by atoms with Crippen molar-refractivity contribution in [3.8, 4) is 5.75 Å². The van der Waals surface area contributed by atoms with Crippen LogP contribution in [0.4, 0.5) is 0 Å². The van der Waals surface area contributed by atoms with E-state index in [4.69, 9.17) is 4.74 Å². The Kier molecular flexibility index (Phi) is 5.41. The largest absolute Gasteiger partial charge is 0.496 e. The number of rotatable bonds is 5. The summed E-state index contributed by atoms with van der Waals surface area (Å²) in [4.78, 5) is 0. The third-order valence-electron chi connectivity index (χ3n) is 2.83. The Hall–Kier alpha value is -1.34. The topological polar surface area (TPSA) is 52.3 Å². The Labute approximate surface area is 136 Å². The molecular weight excluding hydrogens is 352 g/mol. The van der Waals surface area contributed by atoms with E-state index in [2.05, 4.69) is 45.1 Å². The van der Waals surface area contributed by atoms with E-state index in [0.29, 0.717) is 0 Å². The summed E-state index contributed by atoms with van der Waals surface area (Å²) in [5.74, 6) is 1.91. The first-order chi connectivity index (χ1) is 10.1. The fraction of sp³-hybridized carbons (Fsp3) is 0.357. The van der Waals surface area contributed by atoms with Crippen LogP contribution in [-0.2, 0) is 0 Å². The van der Waals surface area contributed by atoms with Crippen molar-refractivity contribution in [2.24, 2.45) is 5.10 Å². The molecule has 0 saturated carbocycles. The Morgan fingerprint density at radius 3 is 2.71 bits per heavy atom. The standard InChI is InChI=1S/C14H17BrN4OS/c1-9(2)13-17-18-14(21-4)19(13)16-8-10-5-6-12(20-3)11(15)7-10/h5-9H,1-4H3/b16-8-. The molecule has 0 N–H and O–H groups in total. The Balaban J connectivity index is 2.33. The average Bonchev–Trinajstić information content (AvgIpc) is 2.88. The lowest BCUT2D eigenvalue weighted by Crippen LogP contribution is -2.02. The van der Waals surface area contributed by atoms with Gasteiger partial charge in [0.05, 0.1) is 17.8 Å². The highest BCUT2D eigenvalue weighted by Gasteiger charge is 2.13. The minimum atomic E-state index is 0.262. The second-order valence-corrected chi connectivity index (χ2v) is 6.28. The van der Waals surface area contributed by atoms with Crippen molar-refractivity contribution in [1.29, 1.82) is 0 Å². The molecule has 5 nitrogen and oxygen atoms in total. The first kappa shape index (κ1) is 16.0. The molecule has 0 aliphatic heterocycles. The van der Waals surface area contributed by atoms with Crippen LogP contribution >= 0.6 is 27.7 Å². The first-order valence-electron chi connectivity index (χ1n) is 6.44. The van der Waals surface area contributed by atoms with E-state index < -0.39 is 0 Å². The van der Waals surface area contributed by atoms with Crippen LogP contribution in [0.3, 0.4) is 0 Å². The van der Waals surface area contributed by atoms with Gasteiger partial charge in [-0.2, -0.15) is 9.78 Å². The quantitative estimate of drug-likeness (QED) is 0.595. The monoisotopic (exact) mass is 368 g/mol. The van der Waals surface area contributed by atoms with Crippen LogP contribution in [-0.4, -0.2) is 34.5 Å². The van der Waals surface area contributed by atoms with Gasteiger partial charge in [-0.15, -0.1) is 10.2 Å². The molecule has 21 heavy (non-hydrogen) atoms. The second-order valence-electron chi connectivity index (χ2n) is 4.65. The second kappa shape index (κ2) is 7.09. The minimum absolute atomic E-state index is 0.262. The molecule has 0 aliphatic rings. The van der Waals surface area contributed by atoms with Crippen LogP contribution in [0.2, 0.25) is 0 Å². The maximum Gasteiger partial charge on any atom is 0.211 e. The van der Waals surface area contributed by atoms with E-state index in [9.17, 15) is 0 Å². The number of hydrogen-bond donors (Lipinski definition) is 0. The van der Waals surface area contributed by atoms with Gasteiger partial charge in [-0.05, 0) is 45.9 Å². The van der Waals surface area contributed by atoms with Crippen LogP contribution in [0.5, 0.6) is 5.75 Å². The molecule has 0 bridgehead atoms. The minimum Gasteiger partial charge on any atom is -0.496 e. The van der Waals surface area contributed by atoms with E-state index in [-0.39, 0.29) is 5.92 Å². The van der Waals surface area contributed by atoms with Gasteiger partial charge in [0, 0.05) is 5.92 Å². The summed E-state index contributed by atoms with van der Waals surface area (Å²) in [5.41, 5.74) is 0.970. The van der Waals surface area contributed by atoms with E-state index in [1.165, 1.54) is 11.8 Å². The van der Waals surface area contributed by atoms with Crippen LogP contribution in [0, 0.1) is 0 Å². The number of benzene rings is 1. The van der Waals surface area contributed by atoms with Crippen molar-refractivity contribution in [2.45, 2.75) is 24.9 Å². The zero-order valence-electron chi connectivity index (χ0n) is 12.4. The lowest BCUT2D eigenvalue weighted by Gasteiger charge is -2.06. The number of hydrogen-bond acceptors (Lipinski definition) is 5. The molecule has 7 heteroatoms. The molecule has 0 aliphatic carbocycles. The molecule has 112 valence electrons. The predicted octanol–water partition coefficient (Wildman–Crippen LogP) is 3.78. The molecular formula is C14H17BrN4OS. The molecule has 0 saturated heterocycles. The molecule has 0 radical (unpaired) electrons. The molecule has 1 aromatic heterocycles. The van der Waals surface area contributed by atoms with Crippen molar-refractivity contribution in [3.63, 3.8) is 0 Å². The average molecular weight is 369 g/mol. The van der Waals surface area contributed by atoms with E-state index in [1.807, 2.05) is 24.5 Å². The highest BCUT2D eigenvalue weighted by atomic mass is 79.9. The van der Waals surface area contributed by atoms with Gasteiger partial charge in [0.1, 0.15) is 5.75 Å². The highest BCUT2D eigenvalue weighted by Crippen LogP contribution is 2.25. The van der Waals surface area contributed by atoms with Gasteiger partial charge in [0.25, 0.3) is 0 Å². The summed E-state index contributed by atoms with van der Waals surface area (Å²) in [6.45, 7) is 4.15. The molecule has 0 fully saturated rings.